The molecule has 0 aliphatic carbocycles. The first-order valence-corrected chi connectivity index (χ1v) is 10.2. The molecule has 2 N–H and O–H groups in total. The second-order valence-electron chi connectivity index (χ2n) is 8.00. The molecule has 0 fully saturated rings. The Morgan fingerprint density at radius 3 is 2.35 bits per heavy atom. The average molecular weight is 429 g/mol. The summed E-state index contributed by atoms with van der Waals surface area (Å²) in [4.78, 5) is 10.6. The molecule has 0 aliphatic heterocycles. The number of carbonyl (C=O) groups is 1. The van der Waals surface area contributed by atoms with Crippen LogP contribution in [0.25, 0.3) is 28.1 Å². The number of aryl methyl sites for hydroxylation is 1. The second kappa shape index (κ2) is 11.1. The van der Waals surface area contributed by atoms with Gasteiger partial charge in [0, 0.05) is 47.0 Å². The number of carbonyl (C=O) groups excluding carboxylic acids is 1. The van der Waals surface area contributed by atoms with Gasteiger partial charge in [-0.3, -0.25) is 0 Å². The Bertz CT molecular complexity index is 1050. The fraction of sp³-hybridized carbons (Fsp3) is 0.320. The number of hydrogen-bond donors (Lipinski definition) is 2. The molecule has 1 heterocycles. The summed E-state index contributed by atoms with van der Waals surface area (Å²) in [5.41, 5.74) is 5.42. The van der Waals surface area contributed by atoms with E-state index in [1.165, 1.54) is 5.56 Å². The molecule has 0 spiro atoms. The van der Waals surface area contributed by atoms with Crippen LogP contribution in [0.15, 0.2) is 54.6 Å². The summed E-state index contributed by atoms with van der Waals surface area (Å²) in [5, 5.41) is 31.9. The van der Waals surface area contributed by atoms with Gasteiger partial charge in [0.25, 0.3) is 0 Å². The van der Waals surface area contributed by atoms with Crippen LogP contribution in [0.1, 0.15) is 44.0 Å². The monoisotopic (exact) mass is 429 g/mol. The topological polar surface area (TPSA) is 85.5 Å². The first kappa shape index (κ1) is 25.4. The summed E-state index contributed by atoms with van der Waals surface area (Å²) in [6.07, 6.45) is 0.804. The van der Waals surface area contributed by atoms with E-state index >= 15 is 0 Å². The van der Waals surface area contributed by atoms with E-state index in [4.69, 9.17) is 0 Å². The maximum Gasteiger partial charge on any atom is 1.00 e. The molecule has 2 aromatic carbocycles. The SMILES string of the molecule is Cc1ccc(-c2c(/C=C/[C@@H](O)C[C@@H](O)CC(=O)[O-])n(C(C)C)c3ccccc23)cc1.[Na+]. The summed E-state index contributed by atoms with van der Waals surface area (Å²) in [7, 11) is 0. The van der Waals surface area contributed by atoms with Gasteiger partial charge in [-0.2, -0.15) is 0 Å². The van der Waals surface area contributed by atoms with Crippen LogP contribution in [0, 0.1) is 6.92 Å². The van der Waals surface area contributed by atoms with Crippen molar-refractivity contribution in [3.63, 3.8) is 0 Å². The molecule has 158 valence electrons. The first-order chi connectivity index (χ1) is 14.3. The van der Waals surface area contributed by atoms with Crippen LogP contribution in [-0.4, -0.2) is 33.0 Å². The van der Waals surface area contributed by atoms with Crippen molar-refractivity contribution in [1.82, 2.24) is 4.57 Å². The van der Waals surface area contributed by atoms with Crippen LogP contribution in [0.2, 0.25) is 0 Å². The summed E-state index contributed by atoms with van der Waals surface area (Å²) >= 11 is 0. The number of aliphatic carboxylic acids is 1. The number of para-hydroxylation sites is 1. The Labute approximate surface area is 205 Å². The third-order valence-electron chi connectivity index (χ3n) is 5.20. The number of aromatic nitrogens is 1. The van der Waals surface area contributed by atoms with Gasteiger partial charge in [-0.1, -0.05) is 54.1 Å². The van der Waals surface area contributed by atoms with Gasteiger partial charge in [-0.05, 0) is 38.5 Å². The largest absolute Gasteiger partial charge is 1.00 e. The van der Waals surface area contributed by atoms with E-state index in [-0.39, 0.29) is 42.0 Å². The van der Waals surface area contributed by atoms with Crippen LogP contribution in [-0.2, 0) is 4.79 Å². The summed E-state index contributed by atoms with van der Waals surface area (Å²) in [6, 6.07) is 16.8. The Morgan fingerprint density at radius 1 is 1.10 bits per heavy atom. The Morgan fingerprint density at radius 2 is 1.74 bits per heavy atom. The zero-order chi connectivity index (χ0) is 21.8. The van der Waals surface area contributed by atoms with Crippen molar-refractivity contribution >= 4 is 22.9 Å². The van der Waals surface area contributed by atoms with Crippen molar-refractivity contribution in [3.05, 3.63) is 65.9 Å². The molecule has 3 aromatic rings. The molecular formula is C25H28NNaO4. The molecule has 5 nitrogen and oxygen atoms in total. The van der Waals surface area contributed by atoms with Gasteiger partial charge < -0.3 is 24.7 Å². The van der Waals surface area contributed by atoms with Crippen LogP contribution in [0.4, 0.5) is 0 Å². The van der Waals surface area contributed by atoms with Crippen molar-refractivity contribution < 1.29 is 49.7 Å². The van der Waals surface area contributed by atoms with Gasteiger partial charge in [0.05, 0.1) is 12.2 Å². The van der Waals surface area contributed by atoms with E-state index in [9.17, 15) is 20.1 Å². The van der Waals surface area contributed by atoms with E-state index in [2.05, 4.69) is 61.7 Å². The quantitative estimate of drug-likeness (QED) is 0.510. The Hall–Kier alpha value is -1.89. The van der Waals surface area contributed by atoms with E-state index in [0.717, 1.165) is 27.7 Å². The zero-order valence-corrected chi connectivity index (χ0v) is 20.6. The molecule has 0 bridgehead atoms. The standard InChI is InChI=1S/C25H29NO4.Na/c1-16(2)26-22-7-5-4-6-21(22)25(18-10-8-17(3)9-11-18)23(26)13-12-19(27)14-20(28)15-24(29)30;/h4-13,16,19-20,27-28H,14-15H2,1-3H3,(H,29,30);/q;+1/p-1/b13-12+;/t19-,20-;/m1./s1. The smallest absolute Gasteiger partial charge is 0.550 e. The van der Waals surface area contributed by atoms with Crippen LogP contribution < -0.4 is 34.7 Å². The van der Waals surface area contributed by atoms with E-state index in [1.807, 2.05) is 18.2 Å². The average Bonchev–Trinajstić information content (AvgIpc) is 3.00. The molecule has 0 saturated carbocycles. The van der Waals surface area contributed by atoms with Gasteiger partial charge in [-0.25, -0.2) is 0 Å². The zero-order valence-electron chi connectivity index (χ0n) is 18.6. The maximum absolute atomic E-state index is 10.6. The molecule has 31 heavy (non-hydrogen) atoms. The third-order valence-corrected chi connectivity index (χ3v) is 5.20. The number of benzene rings is 2. The third kappa shape index (κ3) is 6.09. The molecule has 2 atom stereocenters. The van der Waals surface area contributed by atoms with Crippen molar-refractivity contribution in [1.29, 1.82) is 0 Å². The molecule has 6 heteroatoms. The molecule has 0 radical (unpaired) electrons. The van der Waals surface area contributed by atoms with Gasteiger partial charge in [0.1, 0.15) is 0 Å². The fourth-order valence-electron chi connectivity index (χ4n) is 3.86. The maximum atomic E-state index is 10.6. The number of rotatable bonds is 8. The van der Waals surface area contributed by atoms with Crippen LogP contribution in [0.3, 0.4) is 0 Å². The number of fused-ring (bicyclic) bond motifs is 1. The van der Waals surface area contributed by atoms with Crippen molar-refractivity contribution in [2.75, 3.05) is 0 Å². The minimum absolute atomic E-state index is 0. The van der Waals surface area contributed by atoms with Gasteiger partial charge in [0.15, 0.2) is 0 Å². The molecular weight excluding hydrogens is 401 g/mol. The molecule has 0 unspecified atom stereocenters. The number of carboxylic acids is 1. The number of nitrogens with zero attached hydrogens (tertiary/aromatic N) is 1. The van der Waals surface area contributed by atoms with Crippen LogP contribution in [0.5, 0.6) is 0 Å². The summed E-state index contributed by atoms with van der Waals surface area (Å²) in [5.74, 6) is -1.33. The fourth-order valence-corrected chi connectivity index (χ4v) is 3.86. The summed E-state index contributed by atoms with van der Waals surface area (Å²) in [6.45, 7) is 6.28. The Balaban J connectivity index is 0.00000341. The van der Waals surface area contributed by atoms with E-state index < -0.39 is 24.6 Å². The van der Waals surface area contributed by atoms with Gasteiger partial charge in [0.2, 0.25) is 0 Å². The second-order valence-corrected chi connectivity index (χ2v) is 8.00. The van der Waals surface area contributed by atoms with Crippen molar-refractivity contribution in [2.24, 2.45) is 0 Å². The predicted molar refractivity (Wildman–Crippen MR) is 118 cm³/mol. The molecule has 0 amide bonds. The van der Waals surface area contributed by atoms with Gasteiger partial charge >= 0.3 is 29.6 Å². The minimum atomic E-state index is -1.33. The van der Waals surface area contributed by atoms with Crippen LogP contribution >= 0.6 is 0 Å². The first-order valence-electron chi connectivity index (χ1n) is 10.2. The predicted octanol–water partition coefficient (Wildman–Crippen LogP) is 0.467. The molecule has 0 saturated heterocycles. The molecule has 0 aliphatic rings. The number of hydrogen-bond acceptors (Lipinski definition) is 4. The number of carboxylic acid groups (broad SMARTS) is 1. The summed E-state index contributed by atoms with van der Waals surface area (Å²) < 4.78 is 2.23. The molecule has 1 aromatic heterocycles. The number of aliphatic hydroxyl groups is 2. The van der Waals surface area contributed by atoms with E-state index in [0.29, 0.717) is 0 Å². The normalized spacial score (nSPS) is 13.5. The van der Waals surface area contributed by atoms with E-state index in [1.54, 1.807) is 6.08 Å². The van der Waals surface area contributed by atoms with Crippen molar-refractivity contribution in [3.8, 4) is 11.1 Å². The number of aliphatic hydroxyl groups excluding tert-OH is 2. The Kier molecular flexibility index (Phi) is 9.10. The van der Waals surface area contributed by atoms with Gasteiger partial charge in [-0.15, -0.1) is 0 Å². The molecule has 3 rings (SSSR count). The van der Waals surface area contributed by atoms with Crippen molar-refractivity contribution in [2.45, 2.75) is 51.9 Å². The minimum Gasteiger partial charge on any atom is -0.550 e.